The standard InChI is InChI=1S/C16H22N4O4/c1-4-20-7-12(6-17-20)23-15-9-22-8-14(15)18-16(21)5-13-10(2)19-24-11(13)3/h6-7,14-15H,4-5,8-9H2,1-3H3,(H,18,21)/t14-,15+/m0/s1. The lowest BCUT2D eigenvalue weighted by Crippen LogP contribution is -2.45. The normalized spacial score (nSPS) is 20.3. The second-order valence-corrected chi connectivity index (χ2v) is 5.88. The quantitative estimate of drug-likeness (QED) is 0.848. The van der Waals surface area contributed by atoms with Crippen molar-refractivity contribution in [1.29, 1.82) is 0 Å². The van der Waals surface area contributed by atoms with Crippen LogP contribution in [0, 0.1) is 13.8 Å². The van der Waals surface area contributed by atoms with Gasteiger partial charge in [0.05, 0.1) is 43.8 Å². The smallest absolute Gasteiger partial charge is 0.225 e. The van der Waals surface area contributed by atoms with Gasteiger partial charge >= 0.3 is 0 Å². The van der Waals surface area contributed by atoms with E-state index in [9.17, 15) is 4.79 Å². The number of rotatable bonds is 6. The first-order valence-corrected chi connectivity index (χ1v) is 8.04. The minimum absolute atomic E-state index is 0.0993. The van der Waals surface area contributed by atoms with Gasteiger partial charge in [-0.1, -0.05) is 5.16 Å². The number of nitrogens with one attached hydrogen (secondary N) is 1. The molecule has 1 amide bonds. The fraction of sp³-hybridized carbons (Fsp3) is 0.562. The van der Waals surface area contributed by atoms with E-state index in [1.807, 2.05) is 20.0 Å². The largest absolute Gasteiger partial charge is 0.482 e. The summed E-state index contributed by atoms with van der Waals surface area (Å²) in [5, 5.41) is 11.0. The molecule has 1 saturated heterocycles. The van der Waals surface area contributed by atoms with Gasteiger partial charge in [0.15, 0.2) is 5.75 Å². The van der Waals surface area contributed by atoms with Crippen molar-refractivity contribution < 1.29 is 18.8 Å². The first kappa shape index (κ1) is 16.5. The van der Waals surface area contributed by atoms with Gasteiger partial charge in [-0.25, -0.2) is 0 Å². The summed E-state index contributed by atoms with van der Waals surface area (Å²) in [7, 11) is 0. The van der Waals surface area contributed by atoms with Gasteiger partial charge in [-0.2, -0.15) is 5.10 Å². The number of amides is 1. The summed E-state index contributed by atoms with van der Waals surface area (Å²) < 4.78 is 18.2. The highest BCUT2D eigenvalue weighted by Crippen LogP contribution is 2.17. The summed E-state index contributed by atoms with van der Waals surface area (Å²) in [5.74, 6) is 1.25. The number of aromatic nitrogens is 3. The third-order valence-electron chi connectivity index (χ3n) is 4.11. The van der Waals surface area contributed by atoms with Gasteiger partial charge in [0.1, 0.15) is 11.9 Å². The van der Waals surface area contributed by atoms with Gasteiger partial charge < -0.3 is 19.3 Å². The molecule has 0 aromatic carbocycles. The van der Waals surface area contributed by atoms with Crippen LogP contribution in [0.2, 0.25) is 0 Å². The lowest BCUT2D eigenvalue weighted by atomic mass is 10.1. The number of hydrogen-bond donors (Lipinski definition) is 1. The van der Waals surface area contributed by atoms with E-state index >= 15 is 0 Å². The fourth-order valence-corrected chi connectivity index (χ4v) is 2.71. The number of hydrogen-bond acceptors (Lipinski definition) is 6. The summed E-state index contributed by atoms with van der Waals surface area (Å²) in [4.78, 5) is 12.3. The maximum Gasteiger partial charge on any atom is 0.225 e. The predicted octanol–water partition coefficient (Wildman–Crippen LogP) is 1.01. The highest BCUT2D eigenvalue weighted by molar-refractivity contribution is 5.79. The van der Waals surface area contributed by atoms with Gasteiger partial charge in [0.2, 0.25) is 5.91 Å². The molecule has 1 aliphatic rings. The Labute approximate surface area is 140 Å². The maximum absolute atomic E-state index is 12.3. The minimum Gasteiger partial charge on any atom is -0.482 e. The molecule has 0 aliphatic carbocycles. The topological polar surface area (TPSA) is 91.4 Å². The maximum atomic E-state index is 12.3. The first-order chi connectivity index (χ1) is 11.6. The molecule has 0 spiro atoms. The molecule has 2 aromatic rings. The molecule has 1 aliphatic heterocycles. The number of carbonyl (C=O) groups excluding carboxylic acids is 1. The average molecular weight is 334 g/mol. The van der Waals surface area contributed by atoms with Gasteiger partial charge in [-0.05, 0) is 20.8 Å². The lowest BCUT2D eigenvalue weighted by molar-refractivity contribution is -0.121. The molecule has 0 radical (unpaired) electrons. The van der Waals surface area contributed by atoms with Crippen molar-refractivity contribution in [3.05, 3.63) is 29.4 Å². The van der Waals surface area contributed by atoms with Crippen LogP contribution in [0.4, 0.5) is 0 Å². The van der Waals surface area contributed by atoms with Gasteiger partial charge in [-0.15, -0.1) is 0 Å². The van der Waals surface area contributed by atoms with Crippen LogP contribution in [0.5, 0.6) is 5.75 Å². The number of ether oxygens (including phenoxy) is 2. The van der Waals surface area contributed by atoms with Gasteiger partial charge in [-0.3, -0.25) is 9.48 Å². The predicted molar refractivity (Wildman–Crippen MR) is 84.7 cm³/mol. The summed E-state index contributed by atoms with van der Waals surface area (Å²) in [6, 6.07) is -0.192. The summed E-state index contributed by atoms with van der Waals surface area (Å²) in [5.41, 5.74) is 1.57. The fourth-order valence-electron chi connectivity index (χ4n) is 2.71. The monoisotopic (exact) mass is 334 g/mol. The second-order valence-electron chi connectivity index (χ2n) is 5.88. The zero-order valence-corrected chi connectivity index (χ0v) is 14.1. The van der Waals surface area contributed by atoms with Crippen molar-refractivity contribution in [3.63, 3.8) is 0 Å². The van der Waals surface area contributed by atoms with Gasteiger partial charge in [0.25, 0.3) is 0 Å². The zero-order valence-electron chi connectivity index (χ0n) is 14.1. The van der Waals surface area contributed by atoms with Crippen molar-refractivity contribution in [2.45, 2.75) is 45.9 Å². The van der Waals surface area contributed by atoms with E-state index in [4.69, 9.17) is 14.0 Å². The molecule has 2 atom stereocenters. The van der Waals surface area contributed by atoms with Crippen LogP contribution in [-0.2, 0) is 22.5 Å². The van der Waals surface area contributed by atoms with Crippen molar-refractivity contribution in [2.24, 2.45) is 0 Å². The van der Waals surface area contributed by atoms with E-state index in [2.05, 4.69) is 15.6 Å². The summed E-state index contributed by atoms with van der Waals surface area (Å²) in [6.07, 6.45) is 3.51. The highest BCUT2D eigenvalue weighted by atomic mass is 16.5. The second kappa shape index (κ2) is 7.04. The molecule has 3 rings (SSSR count). The SMILES string of the molecule is CCn1cc(O[C@@H]2COC[C@@H]2NC(=O)Cc2c(C)noc2C)cn1. The summed E-state index contributed by atoms with van der Waals surface area (Å²) >= 11 is 0. The van der Waals surface area contributed by atoms with Crippen molar-refractivity contribution >= 4 is 5.91 Å². The van der Waals surface area contributed by atoms with Crippen molar-refractivity contribution in [1.82, 2.24) is 20.3 Å². The van der Waals surface area contributed by atoms with Crippen molar-refractivity contribution in [2.75, 3.05) is 13.2 Å². The highest BCUT2D eigenvalue weighted by Gasteiger charge is 2.32. The Morgan fingerprint density at radius 3 is 2.96 bits per heavy atom. The Kier molecular flexibility index (Phi) is 4.84. The molecule has 3 heterocycles. The Balaban J connectivity index is 1.58. The lowest BCUT2D eigenvalue weighted by Gasteiger charge is -2.19. The van der Waals surface area contributed by atoms with Gasteiger partial charge in [0, 0.05) is 12.1 Å². The van der Waals surface area contributed by atoms with Crippen LogP contribution in [0.1, 0.15) is 23.9 Å². The van der Waals surface area contributed by atoms with E-state index < -0.39 is 0 Å². The molecule has 8 heteroatoms. The Morgan fingerprint density at radius 2 is 2.29 bits per heavy atom. The van der Waals surface area contributed by atoms with Crippen LogP contribution in [0.15, 0.2) is 16.9 Å². The minimum atomic E-state index is -0.229. The third kappa shape index (κ3) is 3.59. The number of carbonyl (C=O) groups is 1. The molecular formula is C16H22N4O4. The van der Waals surface area contributed by atoms with Crippen LogP contribution >= 0.6 is 0 Å². The molecule has 0 unspecified atom stereocenters. The van der Waals surface area contributed by atoms with E-state index in [1.54, 1.807) is 17.8 Å². The van der Waals surface area contributed by atoms with Crippen molar-refractivity contribution in [3.8, 4) is 5.75 Å². The number of aryl methyl sites for hydroxylation is 3. The van der Waals surface area contributed by atoms with Crippen LogP contribution in [0.25, 0.3) is 0 Å². The molecule has 0 bridgehead atoms. The molecule has 130 valence electrons. The Bertz CT molecular complexity index is 689. The van der Waals surface area contributed by atoms with E-state index in [0.29, 0.717) is 24.7 Å². The van der Waals surface area contributed by atoms with E-state index in [-0.39, 0.29) is 24.5 Å². The molecule has 8 nitrogen and oxygen atoms in total. The van der Waals surface area contributed by atoms with Crippen LogP contribution in [-0.4, -0.2) is 46.2 Å². The molecule has 2 aromatic heterocycles. The molecule has 1 fully saturated rings. The average Bonchev–Trinajstić information content (AvgIpc) is 3.26. The molecule has 24 heavy (non-hydrogen) atoms. The zero-order chi connectivity index (χ0) is 17.1. The number of nitrogens with zero attached hydrogens (tertiary/aromatic N) is 3. The van der Waals surface area contributed by atoms with Crippen LogP contribution in [0.3, 0.4) is 0 Å². The molecular weight excluding hydrogens is 312 g/mol. The Morgan fingerprint density at radius 1 is 1.46 bits per heavy atom. The van der Waals surface area contributed by atoms with E-state index in [1.165, 1.54) is 0 Å². The molecule has 0 saturated carbocycles. The van der Waals surface area contributed by atoms with Crippen LogP contribution < -0.4 is 10.1 Å². The molecule has 1 N–H and O–H groups in total. The Hall–Kier alpha value is -2.35. The summed E-state index contributed by atoms with van der Waals surface area (Å²) in [6.45, 7) is 7.29. The van der Waals surface area contributed by atoms with E-state index in [0.717, 1.165) is 17.8 Å². The first-order valence-electron chi connectivity index (χ1n) is 8.04. The third-order valence-corrected chi connectivity index (χ3v) is 4.11.